The van der Waals surface area contributed by atoms with E-state index in [1.54, 1.807) is 13.2 Å². The zero-order valence-corrected chi connectivity index (χ0v) is 12.1. The zero-order chi connectivity index (χ0) is 14.6. The molecule has 108 valence electrons. The van der Waals surface area contributed by atoms with E-state index in [9.17, 15) is 4.79 Å². The number of carbonyl (C=O) groups is 1. The summed E-state index contributed by atoms with van der Waals surface area (Å²) < 4.78 is 16.4. The summed E-state index contributed by atoms with van der Waals surface area (Å²) in [6.07, 6.45) is 1.99. The van der Waals surface area contributed by atoms with Gasteiger partial charge in [0.25, 0.3) is 0 Å². The zero-order valence-electron chi connectivity index (χ0n) is 12.1. The smallest absolute Gasteiger partial charge is 0.347 e. The topological polar surface area (TPSA) is 44.8 Å². The second kappa shape index (κ2) is 6.09. The van der Waals surface area contributed by atoms with Gasteiger partial charge in [-0.3, -0.25) is 0 Å². The Morgan fingerprint density at radius 1 is 1.35 bits per heavy atom. The Morgan fingerprint density at radius 3 is 2.65 bits per heavy atom. The average molecular weight is 276 g/mol. The molecule has 0 amide bonds. The molecule has 0 radical (unpaired) electrons. The van der Waals surface area contributed by atoms with Gasteiger partial charge >= 0.3 is 5.97 Å². The molecular formula is C16H20O4. The molecule has 1 heterocycles. The summed E-state index contributed by atoms with van der Waals surface area (Å²) in [5.74, 6) is 0.119. The molecule has 1 unspecified atom stereocenters. The molecule has 0 aliphatic carbocycles. The lowest BCUT2D eigenvalue weighted by atomic mass is 9.93. The molecular weight excluding hydrogens is 256 g/mol. The second-order valence-electron chi connectivity index (χ2n) is 5.03. The van der Waals surface area contributed by atoms with Crippen LogP contribution in [0.15, 0.2) is 42.2 Å². The van der Waals surface area contributed by atoms with Crippen molar-refractivity contribution in [1.82, 2.24) is 0 Å². The maximum absolute atomic E-state index is 12.5. The Bertz CT molecular complexity index is 492. The minimum atomic E-state index is -1.17. The van der Waals surface area contributed by atoms with Crippen LogP contribution >= 0.6 is 0 Å². The van der Waals surface area contributed by atoms with Gasteiger partial charge in [0, 0.05) is 6.42 Å². The summed E-state index contributed by atoms with van der Waals surface area (Å²) in [4.78, 5) is 12.5. The van der Waals surface area contributed by atoms with Crippen LogP contribution in [0.2, 0.25) is 0 Å². The number of ether oxygens (including phenoxy) is 3. The fourth-order valence-electron chi connectivity index (χ4n) is 2.31. The predicted molar refractivity (Wildman–Crippen MR) is 75.1 cm³/mol. The van der Waals surface area contributed by atoms with Crippen LogP contribution in [0.3, 0.4) is 0 Å². The molecule has 20 heavy (non-hydrogen) atoms. The Kier molecular flexibility index (Phi) is 4.45. The standard InChI is InChI=1S/C16H20O4/c1-12(2)20-15(17)16(14(18-3)9-10-19-16)11-13-7-5-4-6-8-13/h4-9,12H,10-11H2,1-3H3. The van der Waals surface area contributed by atoms with Crippen molar-refractivity contribution in [2.45, 2.75) is 32.0 Å². The van der Waals surface area contributed by atoms with E-state index in [1.807, 2.05) is 44.2 Å². The third-order valence-electron chi connectivity index (χ3n) is 3.18. The molecule has 4 nitrogen and oxygen atoms in total. The van der Waals surface area contributed by atoms with Crippen molar-refractivity contribution in [2.75, 3.05) is 13.7 Å². The number of carbonyl (C=O) groups excluding carboxylic acids is 1. The van der Waals surface area contributed by atoms with E-state index < -0.39 is 11.6 Å². The minimum absolute atomic E-state index is 0.197. The van der Waals surface area contributed by atoms with Gasteiger partial charge in [-0.05, 0) is 25.5 Å². The highest BCUT2D eigenvalue weighted by atomic mass is 16.6. The number of esters is 1. The van der Waals surface area contributed by atoms with Crippen molar-refractivity contribution in [1.29, 1.82) is 0 Å². The van der Waals surface area contributed by atoms with E-state index in [1.165, 1.54) is 0 Å². The molecule has 2 rings (SSSR count). The minimum Gasteiger partial charge on any atom is -0.498 e. The maximum atomic E-state index is 12.5. The molecule has 1 aliphatic heterocycles. The summed E-state index contributed by atoms with van der Waals surface area (Å²) in [5.41, 5.74) is -0.168. The van der Waals surface area contributed by atoms with E-state index in [2.05, 4.69) is 0 Å². The van der Waals surface area contributed by atoms with Gasteiger partial charge in [-0.1, -0.05) is 30.3 Å². The predicted octanol–water partition coefficient (Wildman–Crippen LogP) is 2.48. The molecule has 0 bridgehead atoms. The molecule has 1 aromatic carbocycles. The van der Waals surface area contributed by atoms with Crippen LogP contribution in [0.1, 0.15) is 19.4 Å². The number of rotatable bonds is 5. The molecule has 1 aliphatic rings. The van der Waals surface area contributed by atoms with Crippen molar-refractivity contribution < 1.29 is 19.0 Å². The highest BCUT2D eigenvalue weighted by Gasteiger charge is 2.49. The summed E-state index contributed by atoms with van der Waals surface area (Å²) in [7, 11) is 1.54. The fraction of sp³-hybridized carbons (Fsp3) is 0.438. The van der Waals surface area contributed by atoms with Gasteiger partial charge in [0.05, 0.1) is 19.8 Å². The van der Waals surface area contributed by atoms with Crippen molar-refractivity contribution in [2.24, 2.45) is 0 Å². The molecule has 0 aromatic heterocycles. The number of hydrogen-bond donors (Lipinski definition) is 0. The molecule has 0 spiro atoms. The van der Waals surface area contributed by atoms with Crippen LogP contribution in [0.4, 0.5) is 0 Å². The van der Waals surface area contributed by atoms with Gasteiger partial charge < -0.3 is 14.2 Å². The first-order chi connectivity index (χ1) is 9.58. The van der Waals surface area contributed by atoms with E-state index in [0.717, 1.165) is 5.56 Å². The van der Waals surface area contributed by atoms with Gasteiger partial charge in [0.15, 0.2) is 0 Å². The van der Waals surface area contributed by atoms with Gasteiger partial charge in [-0.2, -0.15) is 0 Å². The van der Waals surface area contributed by atoms with Crippen LogP contribution in [0.25, 0.3) is 0 Å². The average Bonchev–Trinajstić information content (AvgIpc) is 2.83. The molecule has 4 heteroatoms. The Hall–Kier alpha value is -1.81. The molecule has 1 atom stereocenters. The third-order valence-corrected chi connectivity index (χ3v) is 3.18. The summed E-state index contributed by atoms with van der Waals surface area (Å²) in [6, 6.07) is 9.72. The quantitative estimate of drug-likeness (QED) is 0.775. The van der Waals surface area contributed by atoms with Crippen LogP contribution in [-0.4, -0.2) is 31.4 Å². The normalized spacial score (nSPS) is 21.7. The molecule has 0 N–H and O–H groups in total. The highest BCUT2D eigenvalue weighted by Crippen LogP contribution is 2.33. The fourth-order valence-corrected chi connectivity index (χ4v) is 2.31. The van der Waals surface area contributed by atoms with E-state index in [-0.39, 0.29) is 6.10 Å². The number of benzene rings is 1. The van der Waals surface area contributed by atoms with Gasteiger partial charge in [0.2, 0.25) is 5.60 Å². The number of methoxy groups -OCH3 is 1. The lowest BCUT2D eigenvalue weighted by Gasteiger charge is -2.29. The van der Waals surface area contributed by atoms with E-state index >= 15 is 0 Å². The maximum Gasteiger partial charge on any atom is 0.347 e. The first-order valence-electron chi connectivity index (χ1n) is 6.72. The van der Waals surface area contributed by atoms with Crippen LogP contribution in [-0.2, 0) is 25.4 Å². The van der Waals surface area contributed by atoms with Crippen molar-refractivity contribution in [3.05, 3.63) is 47.7 Å². The van der Waals surface area contributed by atoms with Crippen LogP contribution < -0.4 is 0 Å². The van der Waals surface area contributed by atoms with E-state index in [4.69, 9.17) is 14.2 Å². The summed E-state index contributed by atoms with van der Waals surface area (Å²) >= 11 is 0. The lowest BCUT2D eigenvalue weighted by Crippen LogP contribution is -2.45. The summed E-state index contributed by atoms with van der Waals surface area (Å²) in [6.45, 7) is 3.99. The Labute approximate surface area is 119 Å². The second-order valence-corrected chi connectivity index (χ2v) is 5.03. The molecule has 1 aromatic rings. The summed E-state index contributed by atoms with van der Waals surface area (Å²) in [5, 5.41) is 0. The molecule has 0 fully saturated rings. The van der Waals surface area contributed by atoms with E-state index in [0.29, 0.717) is 18.8 Å². The molecule has 0 saturated heterocycles. The first kappa shape index (κ1) is 14.6. The number of hydrogen-bond acceptors (Lipinski definition) is 4. The van der Waals surface area contributed by atoms with Crippen molar-refractivity contribution in [3.63, 3.8) is 0 Å². The highest BCUT2D eigenvalue weighted by molar-refractivity contribution is 5.84. The van der Waals surface area contributed by atoms with Crippen molar-refractivity contribution in [3.8, 4) is 0 Å². The Morgan fingerprint density at radius 2 is 2.05 bits per heavy atom. The Balaban J connectivity index is 2.30. The van der Waals surface area contributed by atoms with Gasteiger partial charge in [0.1, 0.15) is 5.76 Å². The van der Waals surface area contributed by atoms with Crippen LogP contribution in [0, 0.1) is 0 Å². The van der Waals surface area contributed by atoms with Gasteiger partial charge in [-0.15, -0.1) is 0 Å². The first-order valence-corrected chi connectivity index (χ1v) is 6.72. The lowest BCUT2D eigenvalue weighted by molar-refractivity contribution is -0.171. The van der Waals surface area contributed by atoms with Crippen LogP contribution in [0.5, 0.6) is 0 Å². The SMILES string of the molecule is COC1=CCOC1(Cc1ccccc1)C(=O)OC(C)C. The monoisotopic (exact) mass is 276 g/mol. The van der Waals surface area contributed by atoms with Crippen molar-refractivity contribution >= 4 is 5.97 Å². The van der Waals surface area contributed by atoms with Gasteiger partial charge in [-0.25, -0.2) is 4.79 Å². The third kappa shape index (κ3) is 2.85. The molecule has 0 saturated carbocycles. The largest absolute Gasteiger partial charge is 0.498 e.